The molecule has 0 unspecified atom stereocenters. The van der Waals surface area contributed by atoms with Gasteiger partial charge in [-0.1, -0.05) is 42.5 Å². The molecule has 0 aliphatic heterocycles. The molecule has 0 amide bonds. The number of nitrogens with zero attached hydrogens (tertiary/aromatic N) is 4. The molecule has 0 saturated carbocycles. The summed E-state index contributed by atoms with van der Waals surface area (Å²) in [5.74, 6) is 1.35. The van der Waals surface area contributed by atoms with E-state index >= 15 is 0 Å². The van der Waals surface area contributed by atoms with E-state index in [0.717, 1.165) is 5.56 Å². The summed E-state index contributed by atoms with van der Waals surface area (Å²) in [6.07, 6.45) is 0. The smallest absolute Gasteiger partial charge is 0.270 e. The summed E-state index contributed by atoms with van der Waals surface area (Å²) in [5, 5.41) is 15.2. The number of ether oxygens (including phenoxy) is 1. The highest BCUT2D eigenvalue weighted by atomic mass is 16.6. The van der Waals surface area contributed by atoms with Gasteiger partial charge in [0.2, 0.25) is 5.88 Å². The summed E-state index contributed by atoms with van der Waals surface area (Å²) in [6, 6.07) is 17.4. The van der Waals surface area contributed by atoms with E-state index in [0.29, 0.717) is 28.8 Å². The number of rotatable bonds is 6. The number of benzene rings is 2. The molecule has 0 spiro atoms. The van der Waals surface area contributed by atoms with E-state index in [1.165, 1.54) is 19.2 Å². The lowest BCUT2D eigenvalue weighted by Gasteiger charge is -2.08. The van der Waals surface area contributed by atoms with Gasteiger partial charge < -0.3 is 4.74 Å². The van der Waals surface area contributed by atoms with Gasteiger partial charge in [0.15, 0.2) is 11.6 Å². The molecule has 8 heteroatoms. The van der Waals surface area contributed by atoms with Crippen molar-refractivity contribution in [2.45, 2.75) is 6.92 Å². The largest absolute Gasteiger partial charge is 0.481 e. The fraction of sp³-hybridized carbons (Fsp3) is 0.105. The van der Waals surface area contributed by atoms with E-state index in [1.807, 2.05) is 30.3 Å². The number of methoxy groups -OCH3 is 1. The highest BCUT2D eigenvalue weighted by Gasteiger charge is 2.09. The standard InChI is InChI=1S/C19H17N5O3/c1-13(15-9-6-10-16(11-15)24(25)26)22-23-17-12-18(27-2)21-19(20-17)14-7-4-3-5-8-14/h3-12H,1-2H3,(H,20,21,23). The van der Waals surface area contributed by atoms with Gasteiger partial charge in [0.25, 0.3) is 5.69 Å². The number of nitro benzene ring substituents is 1. The first-order valence-electron chi connectivity index (χ1n) is 8.10. The van der Waals surface area contributed by atoms with Crippen LogP contribution in [-0.2, 0) is 0 Å². The molecule has 136 valence electrons. The lowest BCUT2D eigenvalue weighted by Crippen LogP contribution is -2.03. The van der Waals surface area contributed by atoms with Gasteiger partial charge in [-0.15, -0.1) is 0 Å². The quantitative estimate of drug-likeness (QED) is 0.405. The van der Waals surface area contributed by atoms with Gasteiger partial charge >= 0.3 is 0 Å². The molecule has 3 rings (SSSR count). The van der Waals surface area contributed by atoms with Crippen LogP contribution in [0.1, 0.15) is 12.5 Å². The Hall–Kier alpha value is -3.81. The molecule has 0 aliphatic rings. The lowest BCUT2D eigenvalue weighted by atomic mass is 10.1. The Morgan fingerprint density at radius 2 is 1.89 bits per heavy atom. The Labute approximate surface area is 155 Å². The van der Waals surface area contributed by atoms with Crippen molar-refractivity contribution in [1.82, 2.24) is 9.97 Å². The molecule has 27 heavy (non-hydrogen) atoms. The molecule has 3 aromatic rings. The van der Waals surface area contributed by atoms with Gasteiger partial charge in [-0.05, 0) is 6.92 Å². The van der Waals surface area contributed by atoms with Crippen molar-refractivity contribution in [3.63, 3.8) is 0 Å². The second-order valence-corrected chi connectivity index (χ2v) is 5.60. The predicted molar refractivity (Wildman–Crippen MR) is 103 cm³/mol. The second-order valence-electron chi connectivity index (χ2n) is 5.60. The third-order valence-corrected chi connectivity index (χ3v) is 3.76. The van der Waals surface area contributed by atoms with Crippen LogP contribution in [0.3, 0.4) is 0 Å². The van der Waals surface area contributed by atoms with Gasteiger partial charge in [0.1, 0.15) is 0 Å². The van der Waals surface area contributed by atoms with Crippen LogP contribution in [0.15, 0.2) is 65.8 Å². The summed E-state index contributed by atoms with van der Waals surface area (Å²) >= 11 is 0. The molecule has 0 fully saturated rings. The predicted octanol–water partition coefficient (Wildman–Crippen LogP) is 3.90. The zero-order valence-corrected chi connectivity index (χ0v) is 14.8. The Kier molecular flexibility index (Phi) is 5.36. The first-order chi connectivity index (χ1) is 13.1. The third-order valence-electron chi connectivity index (χ3n) is 3.76. The molecule has 1 N–H and O–H groups in total. The van der Waals surface area contributed by atoms with Gasteiger partial charge in [0.05, 0.1) is 17.7 Å². The van der Waals surface area contributed by atoms with Crippen molar-refractivity contribution in [3.8, 4) is 17.3 Å². The average molecular weight is 363 g/mol. The maximum atomic E-state index is 10.9. The van der Waals surface area contributed by atoms with E-state index in [1.54, 1.807) is 25.1 Å². The fourth-order valence-corrected chi connectivity index (χ4v) is 2.35. The number of hydrogen-bond donors (Lipinski definition) is 1. The summed E-state index contributed by atoms with van der Waals surface area (Å²) in [5.41, 5.74) is 4.94. The van der Waals surface area contributed by atoms with Gasteiger partial charge in [0, 0.05) is 29.3 Å². The number of nitrogens with one attached hydrogen (secondary N) is 1. The number of aromatic nitrogens is 2. The van der Waals surface area contributed by atoms with Gasteiger partial charge in [-0.2, -0.15) is 10.1 Å². The topological polar surface area (TPSA) is 103 Å². The average Bonchev–Trinajstić information content (AvgIpc) is 2.72. The normalized spacial score (nSPS) is 11.1. The molecule has 0 bridgehead atoms. The van der Waals surface area contributed by atoms with Crippen LogP contribution in [0.25, 0.3) is 11.4 Å². The fourth-order valence-electron chi connectivity index (χ4n) is 2.35. The minimum atomic E-state index is -0.439. The minimum absolute atomic E-state index is 0.0112. The summed E-state index contributed by atoms with van der Waals surface area (Å²) in [4.78, 5) is 19.3. The zero-order chi connectivity index (χ0) is 19.2. The number of nitro groups is 1. The second kappa shape index (κ2) is 8.05. The SMILES string of the molecule is COc1cc(NN=C(C)c2cccc([N+](=O)[O-])c2)nc(-c2ccccc2)n1. The molecule has 0 radical (unpaired) electrons. The number of hydrogen-bond acceptors (Lipinski definition) is 7. The molecule has 2 aromatic carbocycles. The van der Waals surface area contributed by atoms with E-state index in [2.05, 4.69) is 20.5 Å². The molecule has 1 heterocycles. The Morgan fingerprint density at radius 1 is 1.11 bits per heavy atom. The van der Waals surface area contributed by atoms with Crippen LogP contribution >= 0.6 is 0 Å². The van der Waals surface area contributed by atoms with Crippen LogP contribution in [0, 0.1) is 10.1 Å². The van der Waals surface area contributed by atoms with E-state index in [-0.39, 0.29) is 5.69 Å². The van der Waals surface area contributed by atoms with Crippen molar-refractivity contribution < 1.29 is 9.66 Å². The maximum Gasteiger partial charge on any atom is 0.270 e. The van der Waals surface area contributed by atoms with Gasteiger partial charge in [-0.3, -0.25) is 15.5 Å². The molecule has 0 saturated heterocycles. The van der Waals surface area contributed by atoms with E-state index < -0.39 is 4.92 Å². The van der Waals surface area contributed by atoms with Crippen LogP contribution in [0.4, 0.5) is 11.5 Å². The van der Waals surface area contributed by atoms with Crippen LogP contribution in [0.5, 0.6) is 5.88 Å². The Morgan fingerprint density at radius 3 is 2.59 bits per heavy atom. The summed E-state index contributed by atoms with van der Waals surface area (Å²) in [7, 11) is 1.53. The zero-order valence-electron chi connectivity index (χ0n) is 14.8. The van der Waals surface area contributed by atoms with Crippen molar-refractivity contribution in [2.75, 3.05) is 12.5 Å². The molecular formula is C19H17N5O3. The lowest BCUT2D eigenvalue weighted by molar-refractivity contribution is -0.384. The molecule has 8 nitrogen and oxygen atoms in total. The summed E-state index contributed by atoms with van der Waals surface area (Å²) < 4.78 is 5.24. The Bertz CT molecular complexity index is 990. The maximum absolute atomic E-state index is 10.9. The molecule has 1 aromatic heterocycles. The summed E-state index contributed by atoms with van der Waals surface area (Å²) in [6.45, 7) is 1.75. The minimum Gasteiger partial charge on any atom is -0.481 e. The number of anilines is 1. The van der Waals surface area contributed by atoms with Crippen molar-refractivity contribution in [1.29, 1.82) is 0 Å². The Balaban J connectivity index is 1.88. The number of non-ortho nitro benzene ring substituents is 1. The van der Waals surface area contributed by atoms with Gasteiger partial charge in [-0.25, -0.2) is 4.98 Å². The van der Waals surface area contributed by atoms with Crippen LogP contribution < -0.4 is 10.2 Å². The van der Waals surface area contributed by atoms with Crippen LogP contribution in [-0.4, -0.2) is 27.7 Å². The van der Waals surface area contributed by atoms with Crippen molar-refractivity contribution in [3.05, 3.63) is 76.3 Å². The first kappa shape index (κ1) is 18.0. The molecule has 0 atom stereocenters. The monoisotopic (exact) mass is 363 g/mol. The third kappa shape index (κ3) is 4.43. The van der Waals surface area contributed by atoms with E-state index in [4.69, 9.17) is 4.74 Å². The van der Waals surface area contributed by atoms with Crippen LogP contribution in [0.2, 0.25) is 0 Å². The first-order valence-corrected chi connectivity index (χ1v) is 8.10. The van der Waals surface area contributed by atoms with Crippen molar-refractivity contribution in [2.24, 2.45) is 5.10 Å². The van der Waals surface area contributed by atoms with Crippen molar-refractivity contribution >= 4 is 17.2 Å². The molecular weight excluding hydrogens is 346 g/mol. The number of hydrazone groups is 1. The molecule has 0 aliphatic carbocycles. The van der Waals surface area contributed by atoms with E-state index in [9.17, 15) is 10.1 Å². The highest BCUT2D eigenvalue weighted by Crippen LogP contribution is 2.21. The highest BCUT2D eigenvalue weighted by molar-refractivity contribution is 5.99.